The Morgan fingerprint density at radius 3 is 1.88 bits per heavy atom. The lowest BCUT2D eigenvalue weighted by Gasteiger charge is -2.34. The van der Waals surface area contributed by atoms with Crippen molar-refractivity contribution >= 4 is 17.9 Å². The molecule has 1 unspecified atom stereocenters. The van der Waals surface area contributed by atoms with Gasteiger partial charge in [0, 0.05) is 6.42 Å². The van der Waals surface area contributed by atoms with E-state index in [-0.39, 0.29) is 12.1 Å². The second-order valence-electron chi connectivity index (χ2n) is 8.09. The van der Waals surface area contributed by atoms with Crippen LogP contribution in [0.2, 0.25) is 0 Å². The Morgan fingerprint density at radius 2 is 1.44 bits per heavy atom. The van der Waals surface area contributed by atoms with Crippen LogP contribution in [0.3, 0.4) is 0 Å². The summed E-state index contributed by atoms with van der Waals surface area (Å²) in [6, 6.07) is -0.636. The zero-order valence-electron chi connectivity index (χ0n) is 16.3. The normalized spacial score (nSPS) is 22.9. The molecule has 8 heteroatoms. The highest BCUT2D eigenvalue weighted by atomic mass is 16.6. The van der Waals surface area contributed by atoms with Crippen molar-refractivity contribution in [2.24, 2.45) is 5.16 Å². The van der Waals surface area contributed by atoms with Crippen LogP contribution in [0.15, 0.2) is 5.16 Å². The van der Waals surface area contributed by atoms with E-state index in [4.69, 9.17) is 14.3 Å². The number of amides is 2. The minimum Gasteiger partial charge on any atom is -0.444 e. The summed E-state index contributed by atoms with van der Waals surface area (Å²) in [5, 5.41) is 9.61. The first-order valence-electron chi connectivity index (χ1n) is 8.47. The molecule has 0 saturated heterocycles. The molecule has 0 spiro atoms. The van der Waals surface area contributed by atoms with Gasteiger partial charge in [-0.25, -0.2) is 9.59 Å². The molecular formula is C17H31N3O5. The summed E-state index contributed by atoms with van der Waals surface area (Å²) < 4.78 is 10.6. The van der Waals surface area contributed by atoms with E-state index in [1.165, 1.54) is 7.11 Å². The Kier molecular flexibility index (Phi) is 7.07. The predicted octanol–water partition coefficient (Wildman–Crippen LogP) is 2.96. The molecule has 144 valence electrons. The summed E-state index contributed by atoms with van der Waals surface area (Å²) in [5.41, 5.74) is -0.364. The summed E-state index contributed by atoms with van der Waals surface area (Å²) in [5.74, 6) is 0. The molecule has 0 radical (unpaired) electrons. The molecular weight excluding hydrogens is 326 g/mol. The Balaban J connectivity index is 2.77. The third-order valence-electron chi connectivity index (χ3n) is 3.31. The fourth-order valence-corrected chi connectivity index (χ4v) is 2.48. The van der Waals surface area contributed by atoms with Gasteiger partial charge in [-0.1, -0.05) is 5.16 Å². The number of oxime groups is 1. The lowest BCUT2D eigenvalue weighted by atomic mass is 9.89. The zero-order chi connectivity index (χ0) is 19.3. The monoisotopic (exact) mass is 357 g/mol. The molecule has 0 aromatic heterocycles. The molecule has 0 aromatic rings. The number of nitrogens with zero attached hydrogens (tertiary/aromatic N) is 1. The van der Waals surface area contributed by atoms with Gasteiger partial charge in [0.05, 0.1) is 17.8 Å². The second kappa shape index (κ2) is 8.40. The first-order chi connectivity index (χ1) is 11.4. The summed E-state index contributed by atoms with van der Waals surface area (Å²) in [7, 11) is 1.48. The summed E-state index contributed by atoms with van der Waals surface area (Å²) >= 11 is 0. The first-order valence-corrected chi connectivity index (χ1v) is 8.47. The highest BCUT2D eigenvalue weighted by Crippen LogP contribution is 2.19. The molecule has 1 aliphatic carbocycles. The Labute approximate surface area is 149 Å². The van der Waals surface area contributed by atoms with Crippen molar-refractivity contribution in [2.75, 3.05) is 7.11 Å². The van der Waals surface area contributed by atoms with E-state index < -0.39 is 23.4 Å². The molecule has 0 heterocycles. The molecule has 8 nitrogen and oxygen atoms in total. The molecule has 1 fully saturated rings. The van der Waals surface area contributed by atoms with Gasteiger partial charge in [0.25, 0.3) is 0 Å². The topological polar surface area (TPSA) is 98.3 Å². The maximum absolute atomic E-state index is 12.1. The maximum atomic E-state index is 12.1. The molecule has 0 aromatic carbocycles. The van der Waals surface area contributed by atoms with Crippen molar-refractivity contribution in [2.45, 2.75) is 84.1 Å². The van der Waals surface area contributed by atoms with Gasteiger partial charge in [0.15, 0.2) is 0 Å². The Hall–Kier alpha value is -1.99. The third-order valence-corrected chi connectivity index (χ3v) is 3.31. The summed E-state index contributed by atoms with van der Waals surface area (Å²) in [4.78, 5) is 29.0. The van der Waals surface area contributed by atoms with Crippen LogP contribution in [0, 0.1) is 0 Å². The van der Waals surface area contributed by atoms with Crippen LogP contribution >= 0.6 is 0 Å². The van der Waals surface area contributed by atoms with Crippen molar-refractivity contribution in [3.05, 3.63) is 0 Å². The number of nitrogens with one attached hydrogen (secondary N) is 2. The Bertz CT molecular complexity index is 505. The molecule has 0 bridgehead atoms. The third kappa shape index (κ3) is 8.60. The SMILES string of the molecule is CO/N=C1/CCC(NC(=O)OC(C)(C)C)[C@H](NC(=O)OC(C)(C)C)C1. The fourth-order valence-electron chi connectivity index (χ4n) is 2.48. The van der Waals surface area contributed by atoms with Gasteiger partial charge >= 0.3 is 12.2 Å². The van der Waals surface area contributed by atoms with Gasteiger partial charge < -0.3 is 24.9 Å². The van der Waals surface area contributed by atoms with Gasteiger partial charge in [-0.15, -0.1) is 0 Å². The van der Waals surface area contributed by atoms with Crippen molar-refractivity contribution in [3.63, 3.8) is 0 Å². The van der Waals surface area contributed by atoms with Crippen molar-refractivity contribution in [1.29, 1.82) is 0 Å². The van der Waals surface area contributed by atoms with E-state index in [1.54, 1.807) is 41.5 Å². The van der Waals surface area contributed by atoms with E-state index in [0.29, 0.717) is 19.3 Å². The van der Waals surface area contributed by atoms with E-state index in [1.807, 2.05) is 0 Å². The van der Waals surface area contributed by atoms with Crippen LogP contribution in [0.4, 0.5) is 9.59 Å². The molecule has 2 N–H and O–H groups in total. The molecule has 1 saturated carbocycles. The fraction of sp³-hybridized carbons (Fsp3) is 0.824. The molecule has 1 aliphatic rings. The van der Waals surface area contributed by atoms with Crippen molar-refractivity contribution in [1.82, 2.24) is 10.6 Å². The van der Waals surface area contributed by atoms with Crippen LogP contribution in [0.1, 0.15) is 60.8 Å². The number of hydrogen-bond donors (Lipinski definition) is 2. The average Bonchev–Trinajstić information content (AvgIpc) is 2.37. The quantitative estimate of drug-likeness (QED) is 0.757. The number of alkyl carbamates (subject to hydrolysis) is 2. The van der Waals surface area contributed by atoms with E-state index in [0.717, 1.165) is 5.71 Å². The average molecular weight is 357 g/mol. The van der Waals surface area contributed by atoms with Crippen LogP contribution in [0.5, 0.6) is 0 Å². The molecule has 2 atom stereocenters. The molecule has 2 amide bonds. The highest BCUT2D eigenvalue weighted by Gasteiger charge is 2.33. The van der Waals surface area contributed by atoms with E-state index in [9.17, 15) is 9.59 Å². The lowest BCUT2D eigenvalue weighted by Crippen LogP contribution is -2.56. The zero-order valence-corrected chi connectivity index (χ0v) is 16.3. The van der Waals surface area contributed by atoms with Gasteiger partial charge in [-0.3, -0.25) is 0 Å². The van der Waals surface area contributed by atoms with Crippen LogP contribution in [0.25, 0.3) is 0 Å². The van der Waals surface area contributed by atoms with E-state index in [2.05, 4.69) is 15.8 Å². The number of carbonyl (C=O) groups is 2. The molecule has 25 heavy (non-hydrogen) atoms. The number of hydrogen-bond acceptors (Lipinski definition) is 6. The Morgan fingerprint density at radius 1 is 0.960 bits per heavy atom. The van der Waals surface area contributed by atoms with Gasteiger partial charge in [0.2, 0.25) is 0 Å². The lowest BCUT2D eigenvalue weighted by molar-refractivity contribution is 0.0423. The first kappa shape index (κ1) is 21.1. The minimum atomic E-state index is -0.601. The molecule has 0 aliphatic heterocycles. The standard InChI is InChI=1S/C17H31N3O5/c1-16(2,3)24-14(21)18-12-9-8-11(20-23-7)10-13(12)19-15(22)25-17(4,5)6/h12-13H,8-10H2,1-7H3,(H,18,21)(H,19,22)/b20-11-/t12?,13-/m1/s1. The predicted molar refractivity (Wildman–Crippen MR) is 94.6 cm³/mol. The number of ether oxygens (including phenoxy) is 2. The van der Waals surface area contributed by atoms with Crippen LogP contribution < -0.4 is 10.6 Å². The number of rotatable bonds is 3. The number of carbonyl (C=O) groups excluding carboxylic acids is 2. The van der Waals surface area contributed by atoms with Crippen molar-refractivity contribution < 1.29 is 23.9 Å². The smallest absolute Gasteiger partial charge is 0.407 e. The van der Waals surface area contributed by atoms with Gasteiger partial charge in [-0.05, 0) is 54.4 Å². The maximum Gasteiger partial charge on any atom is 0.407 e. The van der Waals surface area contributed by atoms with Crippen LogP contribution in [-0.4, -0.2) is 48.3 Å². The van der Waals surface area contributed by atoms with Gasteiger partial charge in [0.1, 0.15) is 18.3 Å². The minimum absolute atomic E-state index is 0.279. The van der Waals surface area contributed by atoms with Crippen LogP contribution in [-0.2, 0) is 14.3 Å². The van der Waals surface area contributed by atoms with E-state index >= 15 is 0 Å². The summed E-state index contributed by atoms with van der Waals surface area (Å²) in [6.45, 7) is 10.8. The van der Waals surface area contributed by atoms with Crippen molar-refractivity contribution in [3.8, 4) is 0 Å². The molecule has 1 rings (SSSR count). The van der Waals surface area contributed by atoms with Gasteiger partial charge in [-0.2, -0.15) is 0 Å². The highest BCUT2D eigenvalue weighted by molar-refractivity contribution is 5.86. The second-order valence-corrected chi connectivity index (χ2v) is 8.09. The largest absolute Gasteiger partial charge is 0.444 e. The summed E-state index contributed by atoms with van der Waals surface area (Å²) in [6.07, 6.45) is 0.698.